The highest BCUT2D eigenvalue weighted by molar-refractivity contribution is 7.14. The fourth-order valence-corrected chi connectivity index (χ4v) is 3.34. The minimum Gasteiger partial charge on any atom is -0.381 e. The van der Waals surface area contributed by atoms with Gasteiger partial charge in [0.1, 0.15) is 5.65 Å². The summed E-state index contributed by atoms with van der Waals surface area (Å²) in [6, 6.07) is 1.99. The molecule has 3 heterocycles. The maximum Gasteiger partial charge on any atom is 0.183 e. The number of nitrogen functional groups attached to an aromatic ring is 1. The Hall–Kier alpha value is -2.07. The summed E-state index contributed by atoms with van der Waals surface area (Å²) < 4.78 is 14.9. The molecule has 0 amide bonds. The fraction of sp³-hybridized carbons (Fsp3) is 0.450. The van der Waals surface area contributed by atoms with E-state index in [4.69, 9.17) is 5.73 Å². The molecule has 0 spiro atoms. The van der Waals surface area contributed by atoms with E-state index in [1.54, 1.807) is 10.5 Å². The van der Waals surface area contributed by atoms with Crippen LogP contribution in [0.1, 0.15) is 57.9 Å². The van der Waals surface area contributed by atoms with Crippen LogP contribution in [0.3, 0.4) is 0 Å². The van der Waals surface area contributed by atoms with Gasteiger partial charge in [-0.25, -0.2) is 19.3 Å². The molecule has 2 N–H and O–H groups in total. The molecule has 0 bridgehead atoms. The Labute approximate surface area is 162 Å². The number of halogens is 1. The molecule has 0 radical (unpaired) electrons. The van der Waals surface area contributed by atoms with Crippen molar-refractivity contribution in [1.29, 1.82) is 0 Å². The Balaban J connectivity index is 0.000000275. The number of rotatable bonds is 1. The van der Waals surface area contributed by atoms with Crippen LogP contribution in [0.5, 0.6) is 0 Å². The van der Waals surface area contributed by atoms with Crippen LogP contribution < -0.4 is 5.73 Å². The first kappa shape index (κ1) is 21.2. The Morgan fingerprint density at radius 2 is 1.63 bits per heavy atom. The van der Waals surface area contributed by atoms with Gasteiger partial charge in [0.15, 0.2) is 17.5 Å². The smallest absolute Gasteiger partial charge is 0.183 e. The molecule has 1 saturated carbocycles. The number of nitrogens with two attached hydrogens (primary N) is 1. The average Bonchev–Trinajstić information content (AvgIpc) is 3.03. The maximum atomic E-state index is 13.1. The predicted octanol–water partition coefficient (Wildman–Crippen LogP) is 5.53. The highest BCUT2D eigenvalue weighted by atomic mass is 31.0. The molecule has 146 valence electrons. The van der Waals surface area contributed by atoms with Crippen molar-refractivity contribution in [3.63, 3.8) is 0 Å². The van der Waals surface area contributed by atoms with Gasteiger partial charge in [-0.05, 0) is 27.9 Å². The van der Waals surface area contributed by atoms with Crippen LogP contribution in [-0.4, -0.2) is 19.3 Å². The molecule has 27 heavy (non-hydrogen) atoms. The van der Waals surface area contributed by atoms with Gasteiger partial charge in [-0.2, -0.15) is 0 Å². The quantitative estimate of drug-likeness (QED) is 0.556. The second-order valence-corrected chi connectivity index (χ2v) is 6.94. The molecule has 0 aromatic carbocycles. The van der Waals surface area contributed by atoms with Crippen LogP contribution in [0, 0.1) is 12.7 Å². The SMILES string of the molecule is C1CCCCC1.CC.Cc1cnc2c(c1)c(-c1ncc(F)c(N)n1)cn2P. The molecule has 1 aliphatic carbocycles. The first-order valence-corrected chi connectivity index (χ1v) is 10.1. The number of anilines is 1. The average molecular weight is 389 g/mol. The van der Waals surface area contributed by atoms with Crippen molar-refractivity contribution in [2.24, 2.45) is 0 Å². The Kier molecular flexibility index (Phi) is 8.11. The van der Waals surface area contributed by atoms with Crippen molar-refractivity contribution >= 4 is 26.2 Å². The number of nitrogens with zero attached hydrogens (tertiary/aromatic N) is 4. The molecular formula is C20H29FN5P. The van der Waals surface area contributed by atoms with Crippen molar-refractivity contribution in [2.45, 2.75) is 59.3 Å². The molecule has 1 fully saturated rings. The molecule has 1 aliphatic rings. The third kappa shape index (κ3) is 5.46. The summed E-state index contributed by atoms with van der Waals surface area (Å²) in [7, 11) is 2.55. The summed E-state index contributed by atoms with van der Waals surface area (Å²) >= 11 is 0. The maximum absolute atomic E-state index is 13.1. The Morgan fingerprint density at radius 1 is 1.04 bits per heavy atom. The van der Waals surface area contributed by atoms with Crippen LogP contribution in [0.2, 0.25) is 0 Å². The Morgan fingerprint density at radius 3 is 2.19 bits per heavy atom. The zero-order valence-electron chi connectivity index (χ0n) is 16.4. The lowest BCUT2D eigenvalue weighted by Gasteiger charge is -2.05. The lowest BCUT2D eigenvalue weighted by Crippen LogP contribution is -1.98. The largest absolute Gasteiger partial charge is 0.381 e. The molecule has 3 aromatic rings. The molecule has 3 aromatic heterocycles. The second kappa shape index (κ2) is 10.3. The third-order valence-electron chi connectivity index (χ3n) is 4.32. The predicted molar refractivity (Wildman–Crippen MR) is 114 cm³/mol. The van der Waals surface area contributed by atoms with Gasteiger partial charge in [0, 0.05) is 23.3 Å². The van der Waals surface area contributed by atoms with E-state index >= 15 is 0 Å². The standard InChI is InChI=1S/C12H11FN5P.C6H12.C2H6/c1-6-2-7-8(5-18(19)12(7)16-3-6)11-15-4-9(13)10(14)17-11;1-2-4-6-5-3-1;1-2/h2-5H,19H2,1H3,(H2,14,15,17);1-6H2;1-2H3. The van der Waals surface area contributed by atoms with Crippen molar-refractivity contribution in [3.05, 3.63) is 36.0 Å². The van der Waals surface area contributed by atoms with E-state index < -0.39 is 5.82 Å². The number of pyridine rings is 1. The third-order valence-corrected chi connectivity index (χ3v) is 4.71. The van der Waals surface area contributed by atoms with E-state index in [2.05, 4.69) is 24.3 Å². The van der Waals surface area contributed by atoms with E-state index in [1.807, 2.05) is 33.0 Å². The first-order valence-electron chi connectivity index (χ1n) is 9.57. The van der Waals surface area contributed by atoms with Gasteiger partial charge in [-0.15, -0.1) is 0 Å². The van der Waals surface area contributed by atoms with Gasteiger partial charge in [0.05, 0.1) is 6.20 Å². The minimum atomic E-state index is -0.618. The van der Waals surface area contributed by atoms with Gasteiger partial charge in [-0.3, -0.25) is 0 Å². The van der Waals surface area contributed by atoms with Gasteiger partial charge in [-0.1, -0.05) is 52.4 Å². The highest BCUT2D eigenvalue weighted by Crippen LogP contribution is 2.29. The van der Waals surface area contributed by atoms with E-state index in [-0.39, 0.29) is 5.82 Å². The summed E-state index contributed by atoms with van der Waals surface area (Å²) in [5.41, 5.74) is 8.07. The molecule has 1 unspecified atom stereocenters. The molecule has 1 atom stereocenters. The minimum absolute atomic E-state index is 0.157. The van der Waals surface area contributed by atoms with E-state index in [9.17, 15) is 4.39 Å². The molecular weight excluding hydrogens is 360 g/mol. The number of hydrogen-bond donors (Lipinski definition) is 1. The van der Waals surface area contributed by atoms with E-state index in [1.165, 1.54) is 38.5 Å². The van der Waals surface area contributed by atoms with Crippen molar-refractivity contribution < 1.29 is 4.39 Å². The van der Waals surface area contributed by atoms with E-state index in [0.717, 1.165) is 28.4 Å². The Bertz CT molecular complexity index is 863. The summed E-state index contributed by atoms with van der Waals surface area (Å²) in [6.45, 7) is 5.95. The van der Waals surface area contributed by atoms with E-state index in [0.29, 0.717) is 5.82 Å². The van der Waals surface area contributed by atoms with Gasteiger partial charge >= 0.3 is 0 Å². The molecule has 7 heteroatoms. The topological polar surface area (TPSA) is 69.6 Å². The van der Waals surface area contributed by atoms with Crippen LogP contribution in [0.4, 0.5) is 10.2 Å². The van der Waals surface area contributed by atoms with Gasteiger partial charge < -0.3 is 10.1 Å². The zero-order valence-corrected chi connectivity index (χ0v) is 17.5. The molecule has 4 rings (SSSR count). The van der Waals surface area contributed by atoms with Crippen LogP contribution >= 0.6 is 9.39 Å². The molecule has 0 aliphatic heterocycles. The van der Waals surface area contributed by atoms with Crippen molar-refractivity contribution in [3.8, 4) is 11.4 Å². The number of aromatic nitrogens is 4. The number of fused-ring (bicyclic) bond motifs is 1. The lowest BCUT2D eigenvalue weighted by molar-refractivity contribution is 0.504. The van der Waals surface area contributed by atoms with Crippen molar-refractivity contribution in [1.82, 2.24) is 19.3 Å². The summed E-state index contributed by atoms with van der Waals surface area (Å²) in [6.07, 6.45) is 13.7. The van der Waals surface area contributed by atoms with Crippen LogP contribution in [0.25, 0.3) is 22.4 Å². The van der Waals surface area contributed by atoms with Crippen molar-refractivity contribution in [2.75, 3.05) is 5.73 Å². The molecule has 0 saturated heterocycles. The normalized spacial score (nSPS) is 13.4. The van der Waals surface area contributed by atoms with Gasteiger partial charge in [0.2, 0.25) is 0 Å². The summed E-state index contributed by atoms with van der Waals surface area (Å²) in [5.74, 6) is -0.388. The number of aryl methyl sites for hydroxylation is 1. The van der Waals surface area contributed by atoms with Gasteiger partial charge in [0.25, 0.3) is 0 Å². The number of hydrogen-bond acceptors (Lipinski definition) is 4. The summed E-state index contributed by atoms with van der Waals surface area (Å²) in [4.78, 5) is 12.3. The van der Waals surface area contributed by atoms with Crippen LogP contribution in [-0.2, 0) is 0 Å². The molecule has 5 nitrogen and oxygen atoms in total. The monoisotopic (exact) mass is 389 g/mol. The second-order valence-electron chi connectivity index (χ2n) is 6.38. The lowest BCUT2D eigenvalue weighted by atomic mass is 10.0. The zero-order chi connectivity index (χ0) is 19.8. The fourth-order valence-electron chi connectivity index (χ4n) is 2.98. The summed E-state index contributed by atoms with van der Waals surface area (Å²) in [5, 5.41) is 0.904. The van der Waals surface area contributed by atoms with Crippen LogP contribution in [0.15, 0.2) is 24.7 Å². The first-order chi connectivity index (χ1) is 13.1. The highest BCUT2D eigenvalue weighted by Gasteiger charge is 2.13.